The molecule has 0 aliphatic heterocycles. The Kier molecular flexibility index (Phi) is 5.22. The van der Waals surface area contributed by atoms with Crippen LogP contribution in [0, 0.1) is 0 Å². The van der Waals surface area contributed by atoms with Crippen molar-refractivity contribution in [2.75, 3.05) is 40.5 Å². The number of ether oxygens (including phenoxy) is 2. The van der Waals surface area contributed by atoms with Crippen molar-refractivity contribution in [3.05, 3.63) is 0 Å². The molecule has 17 heavy (non-hydrogen) atoms. The van der Waals surface area contributed by atoms with Gasteiger partial charge in [0.25, 0.3) is 0 Å². The number of nitrogens with one attached hydrogen (secondary N) is 1. The molecule has 0 heterocycles. The van der Waals surface area contributed by atoms with Crippen LogP contribution in [0.25, 0.3) is 0 Å². The van der Waals surface area contributed by atoms with E-state index in [1.54, 1.807) is 7.11 Å². The molecule has 1 N–H and O–H groups in total. The molecule has 2 fully saturated rings. The summed E-state index contributed by atoms with van der Waals surface area (Å²) in [6.07, 6.45) is 5.57. The average molecular weight is 242 g/mol. The third kappa shape index (κ3) is 5.34. The zero-order valence-corrected chi connectivity index (χ0v) is 11.2. The Bertz CT molecular complexity index is 217. The van der Waals surface area contributed by atoms with Crippen molar-refractivity contribution in [3.8, 4) is 0 Å². The van der Waals surface area contributed by atoms with Crippen LogP contribution in [0.4, 0.5) is 0 Å². The van der Waals surface area contributed by atoms with E-state index in [9.17, 15) is 0 Å². The minimum atomic E-state index is 0.202. The Morgan fingerprint density at radius 1 is 1.29 bits per heavy atom. The molecule has 0 radical (unpaired) electrons. The van der Waals surface area contributed by atoms with Gasteiger partial charge in [-0.15, -0.1) is 0 Å². The normalized spacial score (nSPS) is 22.1. The lowest BCUT2D eigenvalue weighted by Crippen LogP contribution is -2.36. The first-order valence-corrected chi connectivity index (χ1v) is 6.83. The second-order valence-electron chi connectivity index (χ2n) is 5.34. The predicted molar refractivity (Wildman–Crippen MR) is 68.3 cm³/mol. The third-order valence-corrected chi connectivity index (χ3v) is 3.53. The highest BCUT2D eigenvalue weighted by Crippen LogP contribution is 2.24. The highest BCUT2D eigenvalue weighted by Gasteiger charge is 2.26. The SMILES string of the molecule is COCC(CNC1CC1)OCCN(C)C1CC1. The van der Waals surface area contributed by atoms with Crippen LogP contribution in [0.2, 0.25) is 0 Å². The molecule has 2 saturated carbocycles. The fourth-order valence-electron chi connectivity index (χ4n) is 2.00. The average Bonchev–Trinajstić information content (AvgIpc) is 3.18. The summed E-state index contributed by atoms with van der Waals surface area (Å²) in [5.41, 5.74) is 0. The second kappa shape index (κ2) is 6.69. The van der Waals surface area contributed by atoms with E-state index >= 15 is 0 Å². The van der Waals surface area contributed by atoms with Crippen molar-refractivity contribution in [1.82, 2.24) is 10.2 Å². The van der Waals surface area contributed by atoms with Gasteiger partial charge < -0.3 is 19.7 Å². The zero-order chi connectivity index (χ0) is 12.1. The molecule has 0 aromatic heterocycles. The van der Waals surface area contributed by atoms with Gasteiger partial charge in [0.1, 0.15) is 0 Å². The van der Waals surface area contributed by atoms with Gasteiger partial charge in [-0.2, -0.15) is 0 Å². The van der Waals surface area contributed by atoms with E-state index in [4.69, 9.17) is 9.47 Å². The van der Waals surface area contributed by atoms with Gasteiger partial charge in [0.2, 0.25) is 0 Å². The van der Waals surface area contributed by atoms with Gasteiger partial charge in [0, 0.05) is 32.3 Å². The van der Waals surface area contributed by atoms with Crippen LogP contribution in [-0.4, -0.2) is 63.5 Å². The van der Waals surface area contributed by atoms with Crippen molar-refractivity contribution in [1.29, 1.82) is 0 Å². The molecule has 2 aliphatic carbocycles. The van der Waals surface area contributed by atoms with Gasteiger partial charge in [0.05, 0.1) is 19.3 Å². The van der Waals surface area contributed by atoms with Crippen molar-refractivity contribution < 1.29 is 9.47 Å². The first-order chi connectivity index (χ1) is 8.29. The van der Waals surface area contributed by atoms with Crippen LogP contribution in [0.5, 0.6) is 0 Å². The summed E-state index contributed by atoms with van der Waals surface area (Å²) in [5.74, 6) is 0. The molecular formula is C13H26N2O2. The molecule has 2 rings (SSSR count). The van der Waals surface area contributed by atoms with Crippen LogP contribution in [0.1, 0.15) is 25.7 Å². The summed E-state index contributed by atoms with van der Waals surface area (Å²) < 4.78 is 11.1. The molecule has 0 amide bonds. The zero-order valence-electron chi connectivity index (χ0n) is 11.2. The van der Waals surface area contributed by atoms with Gasteiger partial charge in [-0.3, -0.25) is 0 Å². The fourth-order valence-corrected chi connectivity index (χ4v) is 2.00. The predicted octanol–water partition coefficient (Wildman–Crippen LogP) is 0.864. The van der Waals surface area contributed by atoms with Crippen molar-refractivity contribution >= 4 is 0 Å². The van der Waals surface area contributed by atoms with Gasteiger partial charge in [-0.1, -0.05) is 0 Å². The van der Waals surface area contributed by atoms with Crippen molar-refractivity contribution in [3.63, 3.8) is 0 Å². The van der Waals surface area contributed by atoms with Crippen LogP contribution in [-0.2, 0) is 9.47 Å². The molecule has 2 aliphatic rings. The lowest BCUT2D eigenvalue weighted by molar-refractivity contribution is -0.00778. The van der Waals surface area contributed by atoms with Crippen LogP contribution in [0.3, 0.4) is 0 Å². The number of methoxy groups -OCH3 is 1. The Labute approximate surface area is 105 Å². The Morgan fingerprint density at radius 3 is 2.65 bits per heavy atom. The molecule has 1 atom stereocenters. The number of nitrogens with zero attached hydrogens (tertiary/aromatic N) is 1. The van der Waals surface area contributed by atoms with Crippen molar-refractivity contribution in [2.45, 2.75) is 43.9 Å². The lowest BCUT2D eigenvalue weighted by atomic mass is 10.3. The molecular weight excluding hydrogens is 216 g/mol. The lowest BCUT2D eigenvalue weighted by Gasteiger charge is -2.20. The molecule has 100 valence electrons. The topological polar surface area (TPSA) is 33.7 Å². The van der Waals surface area contributed by atoms with E-state index in [0.29, 0.717) is 6.61 Å². The Hall–Kier alpha value is -0.160. The maximum atomic E-state index is 5.88. The van der Waals surface area contributed by atoms with Gasteiger partial charge >= 0.3 is 0 Å². The van der Waals surface area contributed by atoms with Gasteiger partial charge in [-0.05, 0) is 32.7 Å². The maximum Gasteiger partial charge on any atom is 0.0933 e. The van der Waals surface area contributed by atoms with E-state index in [2.05, 4.69) is 17.3 Å². The second-order valence-corrected chi connectivity index (χ2v) is 5.34. The number of likely N-dealkylation sites (N-methyl/N-ethyl adjacent to an activating group) is 1. The minimum absolute atomic E-state index is 0.202. The van der Waals surface area contributed by atoms with Crippen LogP contribution < -0.4 is 5.32 Å². The van der Waals surface area contributed by atoms with E-state index in [0.717, 1.165) is 31.8 Å². The fraction of sp³-hybridized carbons (Fsp3) is 1.00. The number of rotatable bonds is 10. The molecule has 0 bridgehead atoms. The highest BCUT2D eigenvalue weighted by molar-refractivity contribution is 4.83. The molecule has 0 saturated heterocycles. The molecule has 0 aromatic rings. The van der Waals surface area contributed by atoms with E-state index in [-0.39, 0.29) is 6.10 Å². The molecule has 0 spiro atoms. The van der Waals surface area contributed by atoms with Crippen molar-refractivity contribution in [2.24, 2.45) is 0 Å². The quantitative estimate of drug-likeness (QED) is 0.616. The van der Waals surface area contributed by atoms with E-state index in [1.807, 2.05) is 0 Å². The summed E-state index contributed by atoms with van der Waals surface area (Å²) in [4.78, 5) is 2.40. The standard InChI is InChI=1S/C13H26N2O2/c1-15(12-5-6-12)7-8-17-13(10-16-2)9-14-11-3-4-11/h11-14H,3-10H2,1-2H3. The third-order valence-electron chi connectivity index (χ3n) is 3.53. The first-order valence-electron chi connectivity index (χ1n) is 6.83. The first kappa shape index (κ1) is 13.3. The monoisotopic (exact) mass is 242 g/mol. The molecule has 0 aromatic carbocycles. The number of hydrogen-bond donors (Lipinski definition) is 1. The van der Waals surface area contributed by atoms with Crippen LogP contribution in [0.15, 0.2) is 0 Å². The maximum absolute atomic E-state index is 5.88. The summed E-state index contributed by atoms with van der Waals surface area (Å²) in [7, 11) is 3.93. The summed E-state index contributed by atoms with van der Waals surface area (Å²) >= 11 is 0. The highest BCUT2D eigenvalue weighted by atomic mass is 16.5. The smallest absolute Gasteiger partial charge is 0.0933 e. The Balaban J connectivity index is 1.54. The van der Waals surface area contributed by atoms with Gasteiger partial charge in [0.15, 0.2) is 0 Å². The minimum Gasteiger partial charge on any atom is -0.382 e. The molecule has 4 heteroatoms. The molecule has 1 unspecified atom stereocenters. The van der Waals surface area contributed by atoms with E-state index in [1.165, 1.54) is 25.7 Å². The number of hydrogen-bond acceptors (Lipinski definition) is 4. The van der Waals surface area contributed by atoms with E-state index < -0.39 is 0 Å². The summed E-state index contributed by atoms with van der Waals surface area (Å²) in [6, 6.07) is 1.57. The largest absolute Gasteiger partial charge is 0.382 e. The summed E-state index contributed by atoms with van der Waals surface area (Å²) in [5, 5.41) is 3.50. The van der Waals surface area contributed by atoms with Crippen LogP contribution >= 0.6 is 0 Å². The Morgan fingerprint density at radius 2 is 2.06 bits per heavy atom. The summed E-state index contributed by atoms with van der Waals surface area (Å²) in [6.45, 7) is 3.46. The molecule has 4 nitrogen and oxygen atoms in total. The van der Waals surface area contributed by atoms with Gasteiger partial charge in [-0.25, -0.2) is 0 Å².